The third kappa shape index (κ3) is 5.83. The number of hydrogen-bond donors (Lipinski definition) is 2. The molecule has 0 heterocycles. The Hall–Kier alpha value is -0.120. The van der Waals surface area contributed by atoms with E-state index in [4.69, 9.17) is 4.74 Å². The molecule has 0 aliphatic heterocycles. The van der Waals surface area contributed by atoms with E-state index in [2.05, 4.69) is 19.2 Å². The average Bonchev–Trinajstić information content (AvgIpc) is 2.25. The van der Waals surface area contributed by atoms with E-state index >= 15 is 0 Å². The molecular weight excluding hydrogens is 202 g/mol. The molecule has 2 N–H and O–H groups in total. The van der Waals surface area contributed by atoms with E-state index in [1.165, 1.54) is 12.8 Å². The maximum Gasteiger partial charge on any atom is 0.0693 e. The summed E-state index contributed by atoms with van der Waals surface area (Å²) in [5, 5.41) is 13.2. The second-order valence-electron chi connectivity index (χ2n) is 5.23. The third-order valence-corrected chi connectivity index (χ3v) is 3.05. The predicted molar refractivity (Wildman–Crippen MR) is 66.5 cm³/mol. The summed E-state index contributed by atoms with van der Waals surface area (Å²) in [5.74, 6) is 0.619. The van der Waals surface area contributed by atoms with Crippen molar-refractivity contribution in [3.8, 4) is 0 Å². The number of ether oxygens (including phenoxy) is 1. The normalized spacial score (nSPS) is 26.2. The zero-order valence-corrected chi connectivity index (χ0v) is 10.7. The molecule has 0 amide bonds. The first-order chi connectivity index (χ1) is 7.70. The van der Waals surface area contributed by atoms with Crippen molar-refractivity contribution in [1.29, 1.82) is 0 Å². The first-order valence-corrected chi connectivity index (χ1v) is 6.69. The highest BCUT2D eigenvalue weighted by atomic mass is 16.5. The van der Waals surface area contributed by atoms with Crippen LogP contribution < -0.4 is 5.32 Å². The number of aliphatic hydroxyl groups is 1. The van der Waals surface area contributed by atoms with E-state index in [0.717, 1.165) is 39.0 Å². The fraction of sp³-hybridized carbons (Fsp3) is 1.00. The Morgan fingerprint density at radius 3 is 2.75 bits per heavy atom. The van der Waals surface area contributed by atoms with Crippen molar-refractivity contribution >= 4 is 0 Å². The molecule has 1 aliphatic carbocycles. The van der Waals surface area contributed by atoms with Crippen molar-refractivity contribution < 1.29 is 9.84 Å². The van der Waals surface area contributed by atoms with Gasteiger partial charge >= 0.3 is 0 Å². The molecule has 96 valence electrons. The highest BCUT2D eigenvalue weighted by Gasteiger charge is 2.21. The fourth-order valence-corrected chi connectivity index (χ4v) is 2.13. The van der Waals surface area contributed by atoms with Crippen molar-refractivity contribution in [2.45, 2.75) is 58.1 Å². The van der Waals surface area contributed by atoms with Gasteiger partial charge in [0.05, 0.1) is 6.10 Å². The van der Waals surface area contributed by atoms with Crippen LogP contribution in [-0.4, -0.2) is 37.0 Å². The molecule has 2 atom stereocenters. The maximum atomic E-state index is 9.75. The van der Waals surface area contributed by atoms with E-state index in [9.17, 15) is 5.11 Å². The van der Waals surface area contributed by atoms with Crippen LogP contribution in [0.5, 0.6) is 0 Å². The lowest BCUT2D eigenvalue weighted by atomic mass is 9.92. The number of hydrogen-bond acceptors (Lipinski definition) is 3. The molecule has 1 rings (SSSR count). The lowest BCUT2D eigenvalue weighted by Gasteiger charge is -2.28. The molecule has 0 aromatic carbocycles. The molecule has 1 fully saturated rings. The summed E-state index contributed by atoms with van der Waals surface area (Å²) in [6, 6.07) is 0.318. The molecule has 0 radical (unpaired) electrons. The van der Waals surface area contributed by atoms with Crippen LogP contribution in [0.25, 0.3) is 0 Å². The van der Waals surface area contributed by atoms with Crippen LogP contribution in [0.4, 0.5) is 0 Å². The van der Waals surface area contributed by atoms with Gasteiger partial charge in [-0.1, -0.05) is 26.7 Å². The first-order valence-electron chi connectivity index (χ1n) is 6.69. The third-order valence-electron chi connectivity index (χ3n) is 3.05. The monoisotopic (exact) mass is 229 g/mol. The van der Waals surface area contributed by atoms with Crippen molar-refractivity contribution in [2.75, 3.05) is 19.8 Å². The van der Waals surface area contributed by atoms with Crippen LogP contribution >= 0.6 is 0 Å². The van der Waals surface area contributed by atoms with Gasteiger partial charge in [-0.25, -0.2) is 0 Å². The molecule has 0 unspecified atom stereocenters. The largest absolute Gasteiger partial charge is 0.392 e. The molecule has 0 aromatic heterocycles. The van der Waals surface area contributed by atoms with Gasteiger partial charge in [0.2, 0.25) is 0 Å². The van der Waals surface area contributed by atoms with Crippen LogP contribution in [-0.2, 0) is 4.74 Å². The maximum absolute atomic E-state index is 9.75. The topological polar surface area (TPSA) is 41.5 Å². The Balaban J connectivity index is 1.94. The van der Waals surface area contributed by atoms with Gasteiger partial charge in [-0.3, -0.25) is 0 Å². The summed E-state index contributed by atoms with van der Waals surface area (Å²) in [5.41, 5.74) is 0. The van der Waals surface area contributed by atoms with Crippen LogP contribution in [0.15, 0.2) is 0 Å². The fourth-order valence-electron chi connectivity index (χ4n) is 2.13. The van der Waals surface area contributed by atoms with E-state index < -0.39 is 0 Å². The number of rotatable bonds is 7. The molecule has 0 saturated heterocycles. The second-order valence-corrected chi connectivity index (χ2v) is 5.23. The van der Waals surface area contributed by atoms with Gasteiger partial charge in [0, 0.05) is 19.3 Å². The molecule has 3 heteroatoms. The Morgan fingerprint density at radius 1 is 1.31 bits per heavy atom. The first kappa shape index (κ1) is 13.9. The van der Waals surface area contributed by atoms with Gasteiger partial charge in [0.25, 0.3) is 0 Å². The Labute approximate surface area is 99.6 Å². The van der Waals surface area contributed by atoms with Gasteiger partial charge in [-0.2, -0.15) is 0 Å². The van der Waals surface area contributed by atoms with Crippen LogP contribution in [0.3, 0.4) is 0 Å². The standard InChI is InChI=1S/C13H27NO2/c1-11(2)10-16-9-5-8-14-12-6-3-4-7-13(12)15/h11-15H,3-10H2,1-2H3/t12-,13-/m1/s1. The molecule has 0 aromatic rings. The molecule has 0 bridgehead atoms. The smallest absolute Gasteiger partial charge is 0.0693 e. The van der Waals surface area contributed by atoms with Gasteiger partial charge < -0.3 is 15.2 Å². The lowest BCUT2D eigenvalue weighted by molar-refractivity contribution is 0.0839. The molecule has 0 spiro atoms. The van der Waals surface area contributed by atoms with E-state index in [1.54, 1.807) is 0 Å². The van der Waals surface area contributed by atoms with Crippen molar-refractivity contribution in [3.63, 3.8) is 0 Å². The summed E-state index contributed by atoms with van der Waals surface area (Å²) in [6.07, 6.45) is 5.41. The Bertz CT molecular complexity index is 173. The second kappa shape index (κ2) is 8.04. The Morgan fingerprint density at radius 2 is 2.06 bits per heavy atom. The summed E-state index contributed by atoms with van der Waals surface area (Å²) in [7, 11) is 0. The lowest BCUT2D eigenvalue weighted by Crippen LogP contribution is -2.42. The minimum atomic E-state index is -0.134. The highest BCUT2D eigenvalue weighted by Crippen LogP contribution is 2.18. The van der Waals surface area contributed by atoms with E-state index in [-0.39, 0.29) is 6.10 Å². The van der Waals surface area contributed by atoms with E-state index in [0.29, 0.717) is 12.0 Å². The Kier molecular flexibility index (Phi) is 7.01. The van der Waals surface area contributed by atoms with Gasteiger partial charge in [0.15, 0.2) is 0 Å². The summed E-state index contributed by atoms with van der Waals surface area (Å²) >= 11 is 0. The van der Waals surface area contributed by atoms with Gasteiger partial charge in [-0.05, 0) is 31.7 Å². The van der Waals surface area contributed by atoms with Gasteiger partial charge in [0.1, 0.15) is 0 Å². The zero-order chi connectivity index (χ0) is 11.8. The van der Waals surface area contributed by atoms with Gasteiger partial charge in [-0.15, -0.1) is 0 Å². The summed E-state index contributed by atoms with van der Waals surface area (Å²) in [6.45, 7) is 6.97. The van der Waals surface area contributed by atoms with Crippen LogP contribution in [0.2, 0.25) is 0 Å². The molecule has 3 nitrogen and oxygen atoms in total. The highest BCUT2D eigenvalue weighted by molar-refractivity contribution is 4.79. The molecule has 16 heavy (non-hydrogen) atoms. The number of nitrogens with one attached hydrogen (secondary N) is 1. The minimum Gasteiger partial charge on any atom is -0.392 e. The van der Waals surface area contributed by atoms with E-state index in [1.807, 2.05) is 0 Å². The molecule has 1 saturated carbocycles. The number of aliphatic hydroxyl groups excluding tert-OH is 1. The quantitative estimate of drug-likeness (QED) is 0.656. The molecule has 1 aliphatic rings. The average molecular weight is 229 g/mol. The van der Waals surface area contributed by atoms with Crippen molar-refractivity contribution in [3.05, 3.63) is 0 Å². The minimum absolute atomic E-state index is 0.134. The van der Waals surface area contributed by atoms with Crippen LogP contribution in [0, 0.1) is 5.92 Å². The predicted octanol–water partition coefficient (Wildman–Crippen LogP) is 1.94. The van der Waals surface area contributed by atoms with Crippen molar-refractivity contribution in [2.24, 2.45) is 5.92 Å². The zero-order valence-electron chi connectivity index (χ0n) is 10.7. The molecular formula is C13H27NO2. The van der Waals surface area contributed by atoms with Crippen LogP contribution in [0.1, 0.15) is 46.0 Å². The van der Waals surface area contributed by atoms with Crippen molar-refractivity contribution in [1.82, 2.24) is 5.32 Å². The SMILES string of the molecule is CC(C)COCCCN[C@@H]1CCCC[C@H]1O. The summed E-state index contributed by atoms with van der Waals surface area (Å²) in [4.78, 5) is 0. The summed E-state index contributed by atoms with van der Waals surface area (Å²) < 4.78 is 5.51.